The number of rotatable bonds is 4. The van der Waals surface area contributed by atoms with Crippen LogP contribution in [0.25, 0.3) is 5.69 Å². The fourth-order valence-corrected chi connectivity index (χ4v) is 3.40. The van der Waals surface area contributed by atoms with E-state index in [1.165, 1.54) is 10.7 Å². The molecule has 1 aromatic carbocycles. The van der Waals surface area contributed by atoms with Crippen LogP contribution in [-0.2, 0) is 17.5 Å². The first-order chi connectivity index (χ1) is 12.3. The van der Waals surface area contributed by atoms with E-state index in [0.29, 0.717) is 25.0 Å². The van der Waals surface area contributed by atoms with Crippen LogP contribution >= 0.6 is 0 Å². The molecule has 2 N–H and O–H groups in total. The third-order valence-corrected chi connectivity index (χ3v) is 4.67. The Morgan fingerprint density at radius 1 is 1.35 bits per heavy atom. The van der Waals surface area contributed by atoms with E-state index in [2.05, 4.69) is 20.4 Å². The predicted molar refractivity (Wildman–Crippen MR) is 81.2 cm³/mol. The molecule has 8 nitrogen and oxygen atoms in total. The average Bonchev–Trinajstić information content (AvgIpc) is 3.30. The molecule has 3 heterocycles. The highest BCUT2D eigenvalue weighted by Gasteiger charge is 2.39. The zero-order valence-corrected chi connectivity index (χ0v) is 13.5. The van der Waals surface area contributed by atoms with Crippen molar-refractivity contribution in [3.05, 3.63) is 35.2 Å². The largest absolute Gasteiger partial charge is 0.416 e. The Labute approximate surface area is 145 Å². The third-order valence-electron chi connectivity index (χ3n) is 4.67. The van der Waals surface area contributed by atoms with Gasteiger partial charge in [0.25, 0.3) is 0 Å². The minimum atomic E-state index is -4.63. The molecule has 26 heavy (non-hydrogen) atoms. The van der Waals surface area contributed by atoms with E-state index < -0.39 is 17.6 Å². The number of nitrogens with two attached hydrogens (primary N) is 1. The van der Waals surface area contributed by atoms with Gasteiger partial charge >= 0.3 is 6.18 Å². The first-order valence-corrected chi connectivity index (χ1v) is 7.96. The van der Waals surface area contributed by atoms with E-state index in [-0.39, 0.29) is 23.4 Å². The van der Waals surface area contributed by atoms with E-state index >= 15 is 0 Å². The summed E-state index contributed by atoms with van der Waals surface area (Å²) in [6.07, 6.45) is -3.52. The lowest BCUT2D eigenvalue weighted by atomic mass is 10.1. The van der Waals surface area contributed by atoms with Gasteiger partial charge < -0.3 is 10.5 Å². The third kappa shape index (κ3) is 3.03. The topological polar surface area (TPSA) is 99.2 Å². The van der Waals surface area contributed by atoms with Gasteiger partial charge in [0, 0.05) is 18.2 Å². The van der Waals surface area contributed by atoms with E-state index in [1.54, 1.807) is 0 Å². The Kier molecular flexibility index (Phi) is 3.92. The first-order valence-electron chi connectivity index (χ1n) is 7.96. The number of carbonyl (C=O) groups is 1. The van der Waals surface area contributed by atoms with Crippen molar-refractivity contribution in [1.29, 1.82) is 0 Å². The fourth-order valence-electron chi connectivity index (χ4n) is 3.40. The Morgan fingerprint density at radius 2 is 2.15 bits per heavy atom. The lowest BCUT2D eigenvalue weighted by Gasteiger charge is -2.25. The van der Waals surface area contributed by atoms with Crippen LogP contribution in [0.4, 0.5) is 13.2 Å². The maximum absolute atomic E-state index is 13.1. The lowest BCUT2D eigenvalue weighted by Crippen LogP contribution is -2.37. The number of hydrogen-bond acceptors (Lipinski definition) is 6. The quantitative estimate of drug-likeness (QED) is 0.855. The Hall–Kier alpha value is -2.53. The number of hydrogen-bond donors (Lipinski definition) is 1. The summed E-state index contributed by atoms with van der Waals surface area (Å²) >= 11 is 0. The number of primary amides is 1. The molecule has 2 unspecified atom stereocenters. The van der Waals surface area contributed by atoms with Crippen LogP contribution in [0, 0.1) is 0 Å². The summed E-state index contributed by atoms with van der Waals surface area (Å²) in [5.41, 5.74) is 3.96. The number of morpholine rings is 1. The van der Waals surface area contributed by atoms with Crippen molar-refractivity contribution >= 4 is 5.91 Å². The van der Waals surface area contributed by atoms with Gasteiger partial charge in [-0.25, -0.2) is 0 Å². The molecule has 138 valence electrons. The van der Waals surface area contributed by atoms with Gasteiger partial charge in [0.1, 0.15) is 0 Å². The summed E-state index contributed by atoms with van der Waals surface area (Å²) in [6.45, 7) is 1.73. The standard InChI is InChI=1S/C15H15F3N6O2/c16-15(17,18)9-1-8(14(19)25)2-10(3-9)24-13(20-21-22-24)6-23-5-12-4-11(23)7-26-12/h1-3,11-12H,4-7H2,(H2,19,25). The van der Waals surface area contributed by atoms with Crippen molar-refractivity contribution < 1.29 is 22.7 Å². The van der Waals surface area contributed by atoms with Crippen LogP contribution in [0.2, 0.25) is 0 Å². The highest BCUT2D eigenvalue weighted by molar-refractivity contribution is 5.93. The van der Waals surface area contributed by atoms with Gasteiger partial charge in [-0.15, -0.1) is 5.10 Å². The number of tetrazole rings is 1. The number of alkyl halides is 3. The Morgan fingerprint density at radius 3 is 2.77 bits per heavy atom. The van der Waals surface area contributed by atoms with Gasteiger partial charge in [0.05, 0.1) is 30.5 Å². The molecule has 0 radical (unpaired) electrons. The van der Waals surface area contributed by atoms with E-state index in [0.717, 1.165) is 19.0 Å². The molecule has 0 saturated carbocycles. The number of ether oxygens (including phenoxy) is 1. The number of nitrogens with zero attached hydrogens (tertiary/aromatic N) is 5. The zero-order valence-electron chi connectivity index (χ0n) is 13.5. The number of aromatic nitrogens is 4. The Balaban J connectivity index is 1.69. The maximum Gasteiger partial charge on any atom is 0.416 e. The van der Waals surface area contributed by atoms with Crippen molar-refractivity contribution in [3.63, 3.8) is 0 Å². The molecule has 2 fully saturated rings. The Bertz CT molecular complexity index is 852. The van der Waals surface area contributed by atoms with E-state index in [9.17, 15) is 18.0 Å². The monoisotopic (exact) mass is 368 g/mol. The highest BCUT2D eigenvalue weighted by Crippen LogP contribution is 2.32. The molecule has 2 saturated heterocycles. The molecule has 0 spiro atoms. The minimum absolute atomic E-state index is 0.0363. The van der Waals surface area contributed by atoms with Crippen molar-refractivity contribution in [1.82, 2.24) is 25.1 Å². The van der Waals surface area contributed by atoms with E-state index in [4.69, 9.17) is 10.5 Å². The molecule has 1 amide bonds. The molecule has 2 aliphatic heterocycles. The molecule has 0 aliphatic carbocycles. The number of fused-ring (bicyclic) bond motifs is 2. The summed E-state index contributed by atoms with van der Waals surface area (Å²) in [5.74, 6) is -0.576. The second-order valence-electron chi connectivity index (χ2n) is 6.41. The number of benzene rings is 1. The molecule has 4 rings (SSSR count). The van der Waals surface area contributed by atoms with Gasteiger partial charge in [-0.05, 0) is 35.0 Å². The summed E-state index contributed by atoms with van der Waals surface area (Å²) in [5, 5.41) is 11.3. The van der Waals surface area contributed by atoms with Crippen LogP contribution in [0.5, 0.6) is 0 Å². The van der Waals surface area contributed by atoms with Crippen LogP contribution < -0.4 is 5.73 Å². The van der Waals surface area contributed by atoms with Gasteiger partial charge in [-0.3, -0.25) is 9.69 Å². The van der Waals surface area contributed by atoms with Crippen LogP contribution in [-0.4, -0.2) is 56.3 Å². The van der Waals surface area contributed by atoms with Crippen molar-refractivity contribution in [2.45, 2.75) is 31.3 Å². The number of halogens is 3. The van der Waals surface area contributed by atoms with Crippen molar-refractivity contribution in [2.24, 2.45) is 5.73 Å². The maximum atomic E-state index is 13.1. The second kappa shape index (κ2) is 6.02. The van der Waals surface area contributed by atoms with Crippen LogP contribution in [0.3, 0.4) is 0 Å². The second-order valence-corrected chi connectivity index (χ2v) is 6.41. The average molecular weight is 368 g/mol. The highest BCUT2D eigenvalue weighted by atomic mass is 19.4. The lowest BCUT2D eigenvalue weighted by molar-refractivity contribution is -0.137. The number of carbonyl (C=O) groups excluding carboxylic acids is 1. The minimum Gasteiger partial charge on any atom is -0.375 e. The molecule has 2 aliphatic rings. The van der Waals surface area contributed by atoms with Crippen molar-refractivity contribution in [3.8, 4) is 5.69 Å². The molecule has 2 bridgehead atoms. The fraction of sp³-hybridized carbons (Fsp3) is 0.467. The molecule has 2 atom stereocenters. The molecule has 1 aromatic heterocycles. The summed E-state index contributed by atoms with van der Waals surface area (Å²) in [6, 6.07) is 3.11. The molecular weight excluding hydrogens is 353 g/mol. The van der Waals surface area contributed by atoms with Gasteiger partial charge in [0.2, 0.25) is 5.91 Å². The smallest absolute Gasteiger partial charge is 0.375 e. The molecular formula is C15H15F3N6O2. The van der Waals surface area contributed by atoms with Gasteiger partial charge in [-0.2, -0.15) is 17.9 Å². The number of amides is 1. The van der Waals surface area contributed by atoms with Crippen LogP contribution in [0.1, 0.15) is 28.2 Å². The van der Waals surface area contributed by atoms with Gasteiger partial charge in [0.15, 0.2) is 5.82 Å². The summed E-state index contributed by atoms with van der Waals surface area (Å²) in [4.78, 5) is 13.6. The number of likely N-dealkylation sites (tertiary alicyclic amines) is 1. The predicted octanol–water partition coefficient (Wildman–Crippen LogP) is 0.753. The van der Waals surface area contributed by atoms with Crippen molar-refractivity contribution in [2.75, 3.05) is 13.2 Å². The first kappa shape index (κ1) is 16.9. The molecule has 11 heteroatoms. The molecule has 2 aromatic rings. The summed E-state index contributed by atoms with van der Waals surface area (Å²) in [7, 11) is 0. The normalized spacial score (nSPS) is 22.9. The summed E-state index contributed by atoms with van der Waals surface area (Å²) < 4.78 is 46.2. The van der Waals surface area contributed by atoms with E-state index in [1.807, 2.05) is 0 Å². The zero-order chi connectivity index (χ0) is 18.5. The SMILES string of the molecule is NC(=O)c1cc(-n2nnnc2CN2CC3CC2CO3)cc(C(F)(F)F)c1. The van der Waals surface area contributed by atoms with Crippen LogP contribution in [0.15, 0.2) is 18.2 Å². The van der Waals surface area contributed by atoms with Gasteiger partial charge in [-0.1, -0.05) is 0 Å².